The molecule has 1 unspecified atom stereocenters. The Kier molecular flexibility index (Phi) is 4.13. The number of carbonyl (C=O) groups excluding carboxylic acids is 1. The minimum Gasteiger partial charge on any atom is -0.477 e. The van der Waals surface area contributed by atoms with Gasteiger partial charge in [0, 0.05) is 25.4 Å². The molecule has 0 aromatic carbocycles. The number of likely N-dealkylation sites (tertiary alicyclic amines) is 1. The maximum Gasteiger partial charge on any atom is 0.352 e. The summed E-state index contributed by atoms with van der Waals surface area (Å²) in [5.41, 5.74) is 1.63. The fraction of sp³-hybridized carbons (Fsp3) is 0.571. The number of hydrogen-bond donors (Lipinski definition) is 3. The highest BCUT2D eigenvalue weighted by Crippen LogP contribution is 2.25. The van der Waals surface area contributed by atoms with Gasteiger partial charge in [0.05, 0.1) is 5.56 Å². The van der Waals surface area contributed by atoms with Crippen molar-refractivity contribution in [1.82, 2.24) is 9.88 Å². The van der Waals surface area contributed by atoms with Crippen LogP contribution in [0.2, 0.25) is 0 Å². The molecule has 1 saturated heterocycles. The SMILES string of the molecule is Cc1[nH]c(C(=O)O)c(C)c1C(=O)N1CCC(CCO)C1. The zero-order valence-electron chi connectivity index (χ0n) is 11.8. The number of amides is 1. The Bertz CT molecular complexity index is 536. The lowest BCUT2D eigenvalue weighted by atomic mass is 10.1. The first-order valence-corrected chi connectivity index (χ1v) is 6.78. The van der Waals surface area contributed by atoms with E-state index in [4.69, 9.17) is 10.2 Å². The molecule has 6 heteroatoms. The van der Waals surface area contributed by atoms with E-state index in [1.54, 1.807) is 18.7 Å². The van der Waals surface area contributed by atoms with Gasteiger partial charge in [0.2, 0.25) is 0 Å². The Balaban J connectivity index is 2.20. The summed E-state index contributed by atoms with van der Waals surface area (Å²) in [6.45, 7) is 4.80. The predicted molar refractivity (Wildman–Crippen MR) is 72.9 cm³/mol. The fourth-order valence-corrected chi connectivity index (χ4v) is 2.88. The molecule has 110 valence electrons. The average Bonchev–Trinajstić information content (AvgIpc) is 2.95. The van der Waals surface area contributed by atoms with Crippen LogP contribution < -0.4 is 0 Å². The molecule has 3 N–H and O–H groups in total. The van der Waals surface area contributed by atoms with Crippen LogP contribution in [0.3, 0.4) is 0 Å². The van der Waals surface area contributed by atoms with E-state index in [1.807, 2.05) is 0 Å². The van der Waals surface area contributed by atoms with Crippen LogP contribution in [0, 0.1) is 19.8 Å². The molecule has 0 saturated carbocycles. The maximum absolute atomic E-state index is 12.5. The Morgan fingerprint density at radius 2 is 2.10 bits per heavy atom. The number of aromatic amines is 1. The van der Waals surface area contributed by atoms with E-state index in [0.29, 0.717) is 42.2 Å². The summed E-state index contributed by atoms with van der Waals surface area (Å²) in [6.07, 6.45) is 1.59. The Hall–Kier alpha value is -1.82. The molecule has 2 heterocycles. The molecule has 20 heavy (non-hydrogen) atoms. The number of hydrogen-bond acceptors (Lipinski definition) is 3. The van der Waals surface area contributed by atoms with Crippen LogP contribution in [0.5, 0.6) is 0 Å². The molecule has 0 aliphatic carbocycles. The van der Waals surface area contributed by atoms with E-state index < -0.39 is 5.97 Å². The van der Waals surface area contributed by atoms with Crippen LogP contribution >= 0.6 is 0 Å². The summed E-state index contributed by atoms with van der Waals surface area (Å²) in [7, 11) is 0. The van der Waals surface area contributed by atoms with Gasteiger partial charge < -0.3 is 20.1 Å². The minimum absolute atomic E-state index is 0.0805. The summed E-state index contributed by atoms with van der Waals surface area (Å²) >= 11 is 0. The quantitative estimate of drug-likeness (QED) is 0.772. The zero-order valence-corrected chi connectivity index (χ0v) is 11.8. The molecule has 0 radical (unpaired) electrons. The molecule has 0 spiro atoms. The van der Waals surface area contributed by atoms with Gasteiger partial charge in [-0.3, -0.25) is 4.79 Å². The number of aryl methyl sites for hydroxylation is 1. The number of nitrogens with one attached hydrogen (secondary N) is 1. The molecule has 1 aliphatic rings. The molecular formula is C14H20N2O4. The first-order chi connectivity index (χ1) is 9.45. The van der Waals surface area contributed by atoms with Gasteiger partial charge in [0.25, 0.3) is 5.91 Å². The van der Waals surface area contributed by atoms with Gasteiger partial charge >= 0.3 is 5.97 Å². The third kappa shape index (κ3) is 2.56. The first-order valence-electron chi connectivity index (χ1n) is 6.78. The predicted octanol–water partition coefficient (Wildman–Crippen LogP) is 1.17. The second-order valence-corrected chi connectivity index (χ2v) is 5.35. The van der Waals surface area contributed by atoms with Crippen LogP contribution in [-0.2, 0) is 0 Å². The number of aromatic nitrogens is 1. The smallest absolute Gasteiger partial charge is 0.352 e. The molecular weight excluding hydrogens is 260 g/mol. The normalized spacial score (nSPS) is 18.6. The number of nitrogens with zero attached hydrogens (tertiary/aromatic N) is 1. The molecule has 1 aromatic heterocycles. The largest absolute Gasteiger partial charge is 0.477 e. The van der Waals surface area contributed by atoms with Gasteiger partial charge in [0.1, 0.15) is 5.69 Å². The van der Waals surface area contributed by atoms with Gasteiger partial charge in [-0.2, -0.15) is 0 Å². The summed E-state index contributed by atoms with van der Waals surface area (Å²) in [5.74, 6) is -0.837. The number of carboxylic acid groups (broad SMARTS) is 1. The van der Waals surface area contributed by atoms with Gasteiger partial charge in [-0.25, -0.2) is 4.79 Å². The third-order valence-electron chi connectivity index (χ3n) is 3.98. The lowest BCUT2D eigenvalue weighted by molar-refractivity contribution is 0.0690. The zero-order chi connectivity index (χ0) is 14.9. The second-order valence-electron chi connectivity index (χ2n) is 5.35. The van der Waals surface area contributed by atoms with E-state index in [9.17, 15) is 9.59 Å². The van der Waals surface area contributed by atoms with Crippen molar-refractivity contribution in [3.8, 4) is 0 Å². The topological polar surface area (TPSA) is 93.6 Å². The van der Waals surface area contributed by atoms with Gasteiger partial charge in [0.15, 0.2) is 0 Å². The fourth-order valence-electron chi connectivity index (χ4n) is 2.88. The molecule has 1 amide bonds. The van der Waals surface area contributed by atoms with E-state index in [-0.39, 0.29) is 18.2 Å². The van der Waals surface area contributed by atoms with Crippen LogP contribution in [0.15, 0.2) is 0 Å². The molecule has 2 rings (SSSR count). The Morgan fingerprint density at radius 3 is 2.65 bits per heavy atom. The third-order valence-corrected chi connectivity index (χ3v) is 3.98. The number of aromatic carboxylic acids is 1. The highest BCUT2D eigenvalue weighted by Gasteiger charge is 2.30. The standard InChI is InChI=1S/C14H20N2O4/c1-8-11(9(2)15-12(8)14(19)20)13(18)16-5-3-10(7-16)4-6-17/h10,15,17H,3-7H2,1-2H3,(H,19,20). The van der Waals surface area contributed by atoms with Crippen LogP contribution in [0.25, 0.3) is 0 Å². The van der Waals surface area contributed by atoms with Gasteiger partial charge in [-0.15, -0.1) is 0 Å². The number of aliphatic hydroxyl groups excluding tert-OH is 1. The number of H-pyrrole nitrogens is 1. The molecule has 6 nitrogen and oxygen atoms in total. The molecule has 1 aromatic rings. The molecule has 0 bridgehead atoms. The van der Waals surface area contributed by atoms with E-state index in [0.717, 1.165) is 6.42 Å². The van der Waals surface area contributed by atoms with Gasteiger partial charge in [-0.05, 0) is 38.2 Å². The van der Waals surface area contributed by atoms with Crippen molar-refractivity contribution in [1.29, 1.82) is 0 Å². The summed E-state index contributed by atoms with van der Waals surface area (Å²) < 4.78 is 0. The second kappa shape index (κ2) is 5.66. The van der Waals surface area contributed by atoms with E-state index >= 15 is 0 Å². The Morgan fingerprint density at radius 1 is 1.40 bits per heavy atom. The number of carboxylic acids is 1. The van der Waals surface area contributed by atoms with Crippen molar-refractivity contribution in [2.75, 3.05) is 19.7 Å². The average molecular weight is 280 g/mol. The lowest BCUT2D eigenvalue weighted by Crippen LogP contribution is -2.29. The highest BCUT2D eigenvalue weighted by molar-refractivity contribution is 6.00. The van der Waals surface area contributed by atoms with Crippen molar-refractivity contribution in [3.63, 3.8) is 0 Å². The van der Waals surface area contributed by atoms with Crippen LogP contribution in [0.4, 0.5) is 0 Å². The van der Waals surface area contributed by atoms with Crippen molar-refractivity contribution in [2.24, 2.45) is 5.92 Å². The summed E-state index contributed by atoms with van der Waals surface area (Å²) in [4.78, 5) is 28.1. The molecule has 1 aliphatic heterocycles. The van der Waals surface area contributed by atoms with Gasteiger partial charge in [-0.1, -0.05) is 0 Å². The highest BCUT2D eigenvalue weighted by atomic mass is 16.4. The van der Waals surface area contributed by atoms with Crippen molar-refractivity contribution in [2.45, 2.75) is 26.7 Å². The minimum atomic E-state index is -1.05. The molecule has 1 fully saturated rings. The number of rotatable bonds is 4. The van der Waals surface area contributed by atoms with E-state index in [2.05, 4.69) is 4.98 Å². The monoisotopic (exact) mass is 280 g/mol. The van der Waals surface area contributed by atoms with Crippen molar-refractivity contribution >= 4 is 11.9 Å². The van der Waals surface area contributed by atoms with Crippen molar-refractivity contribution < 1.29 is 19.8 Å². The summed E-state index contributed by atoms with van der Waals surface area (Å²) in [5, 5.41) is 18.0. The van der Waals surface area contributed by atoms with Crippen LogP contribution in [0.1, 0.15) is 44.9 Å². The van der Waals surface area contributed by atoms with E-state index in [1.165, 1.54) is 0 Å². The Labute approximate surface area is 117 Å². The molecule has 1 atom stereocenters. The van der Waals surface area contributed by atoms with Crippen LogP contribution in [-0.4, -0.2) is 51.7 Å². The first kappa shape index (κ1) is 14.6. The number of aliphatic hydroxyl groups is 1. The summed E-state index contributed by atoms with van der Waals surface area (Å²) in [6, 6.07) is 0. The maximum atomic E-state index is 12.5. The lowest BCUT2D eigenvalue weighted by Gasteiger charge is -2.17. The number of carbonyl (C=O) groups is 2. The van der Waals surface area contributed by atoms with Crippen molar-refractivity contribution in [3.05, 3.63) is 22.5 Å².